The lowest BCUT2D eigenvalue weighted by Crippen LogP contribution is -2.59. The number of hydrogen-bond donors (Lipinski definition) is 8. The Morgan fingerprint density at radius 3 is 2.26 bits per heavy atom. The summed E-state index contributed by atoms with van der Waals surface area (Å²) in [4.78, 5) is 64.1. The number of carbonyl (C=O) groups is 5. The number of para-hydroxylation sites is 1. The molecule has 0 aliphatic carbocycles. The molecule has 2 rings (SSSR count). The number of nitrogens with one attached hydrogen (secondary N) is 4. The van der Waals surface area contributed by atoms with Gasteiger partial charge in [-0.25, -0.2) is 4.79 Å². The Hall–Kier alpha value is -3.58. The maximum absolute atomic E-state index is 13.0. The van der Waals surface area contributed by atoms with Crippen LogP contribution in [0.4, 0.5) is 0 Å². The summed E-state index contributed by atoms with van der Waals surface area (Å²) in [6.07, 6.45) is 1.70. The second kappa shape index (κ2) is 14.4. The zero-order valence-corrected chi connectivity index (χ0v) is 22.2. The van der Waals surface area contributed by atoms with Crippen LogP contribution in [0.15, 0.2) is 30.5 Å². The molecule has 0 spiro atoms. The maximum Gasteiger partial charge on any atom is 0.326 e. The molecule has 1 aromatic heterocycles. The molecule has 3 amide bonds. The number of carbonyl (C=O) groups excluding carboxylic acids is 3. The van der Waals surface area contributed by atoms with E-state index in [1.165, 1.54) is 0 Å². The number of amides is 3. The van der Waals surface area contributed by atoms with Gasteiger partial charge in [-0.2, -0.15) is 12.6 Å². The van der Waals surface area contributed by atoms with Gasteiger partial charge in [0.2, 0.25) is 17.7 Å². The van der Waals surface area contributed by atoms with Crippen LogP contribution >= 0.6 is 12.6 Å². The van der Waals surface area contributed by atoms with Crippen LogP contribution in [-0.2, 0) is 30.4 Å². The van der Waals surface area contributed by atoms with Crippen LogP contribution in [0.2, 0.25) is 0 Å². The number of carboxylic acid groups (broad SMARTS) is 2. The van der Waals surface area contributed by atoms with Crippen LogP contribution in [0.1, 0.15) is 38.7 Å². The summed E-state index contributed by atoms with van der Waals surface area (Å²) in [6.45, 7) is 3.49. The van der Waals surface area contributed by atoms with E-state index in [0.717, 1.165) is 16.5 Å². The van der Waals surface area contributed by atoms with Crippen LogP contribution in [0, 0.1) is 5.92 Å². The van der Waals surface area contributed by atoms with Gasteiger partial charge in [0.1, 0.15) is 18.1 Å². The van der Waals surface area contributed by atoms with Crippen molar-refractivity contribution >= 4 is 53.2 Å². The molecule has 0 aliphatic rings. The molecule has 0 fully saturated rings. The molecule has 1 heterocycles. The lowest BCUT2D eigenvalue weighted by atomic mass is 9.97. The number of nitrogens with two attached hydrogens (primary N) is 1. The van der Waals surface area contributed by atoms with Gasteiger partial charge in [0.05, 0.1) is 6.04 Å². The largest absolute Gasteiger partial charge is 0.481 e. The van der Waals surface area contributed by atoms with Gasteiger partial charge in [-0.1, -0.05) is 38.5 Å². The van der Waals surface area contributed by atoms with E-state index in [0.29, 0.717) is 6.42 Å². The molecule has 0 aliphatic heterocycles. The highest BCUT2D eigenvalue weighted by Crippen LogP contribution is 2.19. The average molecular weight is 550 g/mol. The fourth-order valence-electron chi connectivity index (χ4n) is 3.85. The number of thiol groups is 1. The monoisotopic (exact) mass is 549 g/mol. The molecule has 8 N–H and O–H groups in total. The Bertz CT molecular complexity index is 1150. The van der Waals surface area contributed by atoms with Gasteiger partial charge in [-0.3, -0.25) is 19.2 Å². The Morgan fingerprint density at radius 2 is 1.66 bits per heavy atom. The Labute approximate surface area is 225 Å². The Morgan fingerprint density at radius 1 is 1.00 bits per heavy atom. The van der Waals surface area contributed by atoms with Crippen molar-refractivity contribution in [3.63, 3.8) is 0 Å². The molecule has 5 unspecified atom stereocenters. The van der Waals surface area contributed by atoms with Crippen LogP contribution < -0.4 is 21.7 Å². The van der Waals surface area contributed by atoms with Crippen LogP contribution in [0.3, 0.4) is 0 Å². The second-order valence-corrected chi connectivity index (χ2v) is 9.48. The molecule has 1 aromatic carbocycles. The zero-order valence-electron chi connectivity index (χ0n) is 21.3. The zero-order chi connectivity index (χ0) is 28.4. The minimum atomic E-state index is -1.44. The van der Waals surface area contributed by atoms with Crippen LogP contribution in [-0.4, -0.2) is 74.8 Å². The van der Waals surface area contributed by atoms with E-state index in [9.17, 15) is 29.1 Å². The smallest absolute Gasteiger partial charge is 0.326 e. The van der Waals surface area contributed by atoms with E-state index < -0.39 is 66.2 Å². The average Bonchev–Trinajstić information content (AvgIpc) is 3.29. The number of H-pyrrole nitrogens is 1. The number of aromatic amines is 1. The van der Waals surface area contributed by atoms with E-state index in [-0.39, 0.29) is 18.6 Å². The number of benzene rings is 1. The van der Waals surface area contributed by atoms with E-state index in [4.69, 9.17) is 10.8 Å². The van der Waals surface area contributed by atoms with Crippen molar-refractivity contribution < 1.29 is 34.2 Å². The molecule has 0 radical (unpaired) electrons. The first-order valence-electron chi connectivity index (χ1n) is 12.3. The number of rotatable bonds is 15. The van der Waals surface area contributed by atoms with Crippen molar-refractivity contribution in [3.8, 4) is 0 Å². The van der Waals surface area contributed by atoms with Crippen molar-refractivity contribution in [1.29, 1.82) is 0 Å². The summed E-state index contributed by atoms with van der Waals surface area (Å²) in [5, 5.41) is 26.6. The van der Waals surface area contributed by atoms with E-state index >= 15 is 0 Å². The molecule has 12 nitrogen and oxygen atoms in total. The normalized spacial score (nSPS) is 15.1. The van der Waals surface area contributed by atoms with E-state index in [2.05, 4.69) is 33.6 Å². The molecule has 0 saturated heterocycles. The third kappa shape index (κ3) is 8.48. The lowest BCUT2D eigenvalue weighted by molar-refractivity contribution is -0.143. The summed E-state index contributed by atoms with van der Waals surface area (Å²) in [6, 6.07) is 2.94. The summed E-state index contributed by atoms with van der Waals surface area (Å²) < 4.78 is 0. The summed E-state index contributed by atoms with van der Waals surface area (Å²) in [5.41, 5.74) is 7.86. The topological polar surface area (TPSA) is 204 Å². The van der Waals surface area contributed by atoms with E-state index in [1.54, 1.807) is 20.0 Å². The first-order chi connectivity index (χ1) is 18.0. The third-order valence-electron chi connectivity index (χ3n) is 6.32. The van der Waals surface area contributed by atoms with Crippen molar-refractivity contribution in [2.45, 2.75) is 63.7 Å². The van der Waals surface area contributed by atoms with Crippen LogP contribution in [0.5, 0.6) is 0 Å². The number of carboxylic acids is 2. The molecule has 5 atom stereocenters. The molecule has 38 heavy (non-hydrogen) atoms. The van der Waals surface area contributed by atoms with Crippen molar-refractivity contribution in [2.75, 3.05) is 5.75 Å². The fraction of sp³-hybridized carbons (Fsp3) is 0.480. The van der Waals surface area contributed by atoms with Gasteiger partial charge < -0.3 is 36.9 Å². The Kier molecular flexibility index (Phi) is 11.6. The third-order valence-corrected chi connectivity index (χ3v) is 6.69. The molecule has 2 aromatic rings. The van der Waals surface area contributed by atoms with Crippen molar-refractivity contribution in [1.82, 2.24) is 20.9 Å². The minimum Gasteiger partial charge on any atom is -0.481 e. The van der Waals surface area contributed by atoms with Crippen LogP contribution in [0.25, 0.3) is 10.9 Å². The summed E-state index contributed by atoms with van der Waals surface area (Å²) in [7, 11) is 0. The Balaban J connectivity index is 2.05. The minimum absolute atomic E-state index is 0.0808. The maximum atomic E-state index is 13.0. The van der Waals surface area contributed by atoms with E-state index in [1.807, 2.05) is 24.3 Å². The molecule has 0 bridgehead atoms. The van der Waals surface area contributed by atoms with Crippen molar-refractivity contribution in [2.24, 2.45) is 11.7 Å². The second-order valence-electron chi connectivity index (χ2n) is 9.12. The molecular formula is C25H35N5O7S. The summed E-state index contributed by atoms with van der Waals surface area (Å²) >= 11 is 4.16. The summed E-state index contributed by atoms with van der Waals surface area (Å²) in [5.74, 6) is -5.10. The van der Waals surface area contributed by atoms with Gasteiger partial charge in [0.15, 0.2) is 0 Å². The number of aromatic nitrogens is 1. The van der Waals surface area contributed by atoms with Gasteiger partial charge in [-0.15, -0.1) is 0 Å². The molecule has 0 saturated carbocycles. The number of fused-ring (bicyclic) bond motifs is 1. The number of aliphatic carboxylic acids is 2. The highest BCUT2D eigenvalue weighted by atomic mass is 32.1. The standard InChI is InChI=1S/C25H35N5O7S/c1-3-13(2)21(24(35)28-18(25(36)37)8-9-20(31)32)30-23(34)19(12-38)29-22(33)16(26)10-14-11-27-17-7-5-4-6-15(14)17/h4-7,11,13,16,18-19,21,27,38H,3,8-10,12,26H2,1-2H3,(H,28,35)(H,29,33)(H,30,34)(H,31,32)(H,36,37). The highest BCUT2D eigenvalue weighted by molar-refractivity contribution is 7.80. The lowest BCUT2D eigenvalue weighted by Gasteiger charge is -2.27. The van der Waals surface area contributed by atoms with Crippen molar-refractivity contribution in [3.05, 3.63) is 36.0 Å². The SMILES string of the molecule is CCC(C)C(NC(=O)C(CS)NC(=O)C(N)Cc1c[nH]c2ccccc12)C(=O)NC(CCC(=O)O)C(=O)O. The predicted molar refractivity (Wildman–Crippen MR) is 144 cm³/mol. The highest BCUT2D eigenvalue weighted by Gasteiger charge is 2.32. The molecule has 208 valence electrons. The number of hydrogen-bond acceptors (Lipinski definition) is 7. The molecule has 13 heteroatoms. The predicted octanol–water partition coefficient (Wildman–Crippen LogP) is 0.417. The van der Waals surface area contributed by atoms with Gasteiger partial charge in [0, 0.05) is 29.3 Å². The fourth-order valence-corrected chi connectivity index (χ4v) is 4.10. The first-order valence-corrected chi connectivity index (χ1v) is 12.9. The van der Waals surface area contributed by atoms with Gasteiger partial charge in [0.25, 0.3) is 0 Å². The first kappa shape index (κ1) is 30.6. The molecular weight excluding hydrogens is 514 g/mol. The quantitative estimate of drug-likeness (QED) is 0.146. The van der Waals surface area contributed by atoms with Gasteiger partial charge in [-0.05, 0) is 30.4 Å². The van der Waals surface area contributed by atoms with Gasteiger partial charge >= 0.3 is 11.9 Å².